The zero-order valence-electron chi connectivity index (χ0n) is 15.8. The van der Waals surface area contributed by atoms with Crippen molar-refractivity contribution < 1.29 is 31.1 Å². The minimum atomic E-state index is -4.60. The zero-order valence-corrected chi connectivity index (χ0v) is 16.5. The molecule has 1 aliphatic rings. The number of carbonyl (C=O) groups is 1. The van der Waals surface area contributed by atoms with Gasteiger partial charge in [0, 0.05) is 18.9 Å². The standard InChI is InChI=1S/C20H16ClF6N3O/c21-15-10-14(20(25,26)27)11-29-17(15)30-8-2-5-16(30)18(31)28-7-6-12-3-1-4-13(9-12)19(22,23)24/h1-4,8-11,16H,5-7H2,(H,28,31). The normalized spacial score (nSPS) is 16.6. The van der Waals surface area contributed by atoms with E-state index in [0.29, 0.717) is 11.8 Å². The fourth-order valence-electron chi connectivity index (χ4n) is 3.10. The number of benzene rings is 1. The molecule has 0 spiro atoms. The Kier molecular flexibility index (Phi) is 6.49. The van der Waals surface area contributed by atoms with E-state index in [9.17, 15) is 31.1 Å². The maximum Gasteiger partial charge on any atom is 0.417 e. The van der Waals surface area contributed by atoms with Crippen molar-refractivity contribution in [2.75, 3.05) is 11.4 Å². The van der Waals surface area contributed by atoms with Gasteiger partial charge in [0.25, 0.3) is 0 Å². The predicted octanol–water partition coefficient (Wildman–Crippen LogP) is 5.22. The van der Waals surface area contributed by atoms with Crippen molar-refractivity contribution in [3.63, 3.8) is 0 Å². The highest BCUT2D eigenvalue weighted by atomic mass is 35.5. The summed E-state index contributed by atoms with van der Waals surface area (Å²) in [5, 5.41) is 2.37. The molecule has 0 fully saturated rings. The molecule has 1 unspecified atom stereocenters. The molecule has 0 saturated heterocycles. The number of nitrogens with one attached hydrogen (secondary N) is 1. The second-order valence-electron chi connectivity index (χ2n) is 6.81. The van der Waals surface area contributed by atoms with E-state index in [2.05, 4.69) is 10.3 Å². The van der Waals surface area contributed by atoms with E-state index in [-0.39, 0.29) is 30.2 Å². The van der Waals surface area contributed by atoms with Gasteiger partial charge in [0.15, 0.2) is 5.82 Å². The summed E-state index contributed by atoms with van der Waals surface area (Å²) in [6.07, 6.45) is -4.83. The second kappa shape index (κ2) is 8.78. The maximum atomic E-state index is 12.8. The molecular weight excluding hydrogens is 448 g/mol. The first kappa shape index (κ1) is 22.9. The lowest BCUT2D eigenvalue weighted by Gasteiger charge is -2.25. The van der Waals surface area contributed by atoms with Crippen molar-refractivity contribution in [2.45, 2.75) is 31.2 Å². The third-order valence-corrected chi connectivity index (χ3v) is 4.90. The third-order valence-electron chi connectivity index (χ3n) is 4.62. The number of hydrogen-bond donors (Lipinski definition) is 1. The minimum absolute atomic E-state index is 0.00134. The maximum absolute atomic E-state index is 12.8. The van der Waals surface area contributed by atoms with Crippen molar-refractivity contribution >= 4 is 23.3 Å². The molecule has 1 N–H and O–H groups in total. The largest absolute Gasteiger partial charge is 0.417 e. The lowest BCUT2D eigenvalue weighted by Crippen LogP contribution is -2.43. The Morgan fingerprint density at radius 2 is 1.84 bits per heavy atom. The number of halogens is 7. The molecule has 0 aliphatic carbocycles. The van der Waals surface area contributed by atoms with Crippen LogP contribution in [0.1, 0.15) is 23.1 Å². The first-order valence-corrected chi connectivity index (χ1v) is 9.46. The molecule has 11 heteroatoms. The van der Waals surface area contributed by atoms with Crippen LogP contribution in [-0.4, -0.2) is 23.5 Å². The van der Waals surface area contributed by atoms with E-state index in [1.54, 1.807) is 6.08 Å². The van der Waals surface area contributed by atoms with Gasteiger partial charge in [0.05, 0.1) is 16.1 Å². The topological polar surface area (TPSA) is 45.2 Å². The van der Waals surface area contributed by atoms with Gasteiger partial charge >= 0.3 is 12.4 Å². The Morgan fingerprint density at radius 3 is 2.48 bits per heavy atom. The summed E-state index contributed by atoms with van der Waals surface area (Å²) >= 11 is 5.96. The van der Waals surface area contributed by atoms with Crippen LogP contribution in [0.5, 0.6) is 0 Å². The van der Waals surface area contributed by atoms with E-state index in [0.717, 1.165) is 18.2 Å². The number of rotatable bonds is 5. The molecule has 1 aromatic heterocycles. The fourth-order valence-corrected chi connectivity index (χ4v) is 3.36. The van der Waals surface area contributed by atoms with Crippen LogP contribution in [0.3, 0.4) is 0 Å². The molecule has 2 heterocycles. The molecular formula is C20H16ClF6N3O. The van der Waals surface area contributed by atoms with Crippen LogP contribution in [0, 0.1) is 0 Å². The number of aromatic nitrogens is 1. The molecule has 1 aliphatic heterocycles. The van der Waals surface area contributed by atoms with Crippen molar-refractivity contribution in [3.8, 4) is 0 Å². The number of nitrogens with zero attached hydrogens (tertiary/aromatic N) is 2. The Labute approximate surface area is 178 Å². The summed E-state index contributed by atoms with van der Waals surface area (Å²) in [5.74, 6) is -0.448. The molecule has 0 bridgehead atoms. The average Bonchev–Trinajstić information content (AvgIpc) is 3.16. The van der Waals surface area contributed by atoms with Crippen LogP contribution in [0.15, 0.2) is 48.8 Å². The number of anilines is 1. The highest BCUT2D eigenvalue weighted by molar-refractivity contribution is 6.33. The van der Waals surface area contributed by atoms with Gasteiger partial charge in [0.2, 0.25) is 5.91 Å². The number of pyridine rings is 1. The number of carbonyl (C=O) groups excluding carboxylic acids is 1. The molecule has 31 heavy (non-hydrogen) atoms. The van der Waals surface area contributed by atoms with E-state index in [1.165, 1.54) is 23.2 Å². The summed E-state index contributed by atoms with van der Waals surface area (Å²) in [4.78, 5) is 17.7. The summed E-state index contributed by atoms with van der Waals surface area (Å²) in [7, 11) is 0. The van der Waals surface area contributed by atoms with Gasteiger partial charge in [-0.05, 0) is 30.5 Å². The third kappa shape index (κ3) is 5.49. The van der Waals surface area contributed by atoms with E-state index < -0.39 is 35.4 Å². The molecule has 2 aromatic rings. The van der Waals surface area contributed by atoms with E-state index in [1.807, 2.05) is 0 Å². The quantitative estimate of drug-likeness (QED) is 0.618. The van der Waals surface area contributed by atoms with Crippen molar-refractivity contribution in [1.82, 2.24) is 10.3 Å². The van der Waals surface area contributed by atoms with Crippen LogP contribution >= 0.6 is 11.6 Å². The summed E-state index contributed by atoms with van der Waals surface area (Å²) in [6.45, 7) is 0.0820. The van der Waals surface area contributed by atoms with Crippen molar-refractivity contribution in [1.29, 1.82) is 0 Å². The van der Waals surface area contributed by atoms with Gasteiger partial charge in [-0.1, -0.05) is 35.9 Å². The smallest absolute Gasteiger partial charge is 0.354 e. The lowest BCUT2D eigenvalue weighted by atomic mass is 10.1. The number of alkyl halides is 6. The molecule has 1 aromatic carbocycles. The second-order valence-corrected chi connectivity index (χ2v) is 7.22. The lowest BCUT2D eigenvalue weighted by molar-refractivity contribution is -0.138. The van der Waals surface area contributed by atoms with E-state index >= 15 is 0 Å². The summed E-state index contributed by atoms with van der Waals surface area (Å²) in [5.41, 5.74) is -1.37. The first-order valence-electron chi connectivity index (χ1n) is 9.08. The Morgan fingerprint density at radius 1 is 1.13 bits per heavy atom. The van der Waals surface area contributed by atoms with Crippen molar-refractivity contribution in [2.24, 2.45) is 0 Å². The van der Waals surface area contributed by atoms with Gasteiger partial charge in [-0.2, -0.15) is 26.3 Å². The molecule has 0 saturated carbocycles. The highest BCUT2D eigenvalue weighted by Crippen LogP contribution is 2.35. The van der Waals surface area contributed by atoms with Gasteiger partial charge in [-0.25, -0.2) is 4.98 Å². The molecule has 0 radical (unpaired) electrons. The van der Waals surface area contributed by atoms with Crippen LogP contribution in [0.2, 0.25) is 5.02 Å². The Hall–Kier alpha value is -2.75. The highest BCUT2D eigenvalue weighted by Gasteiger charge is 2.34. The summed E-state index contributed by atoms with van der Waals surface area (Å²) < 4.78 is 76.8. The van der Waals surface area contributed by atoms with E-state index in [4.69, 9.17) is 11.6 Å². The predicted molar refractivity (Wildman–Crippen MR) is 102 cm³/mol. The van der Waals surface area contributed by atoms with Crippen molar-refractivity contribution in [3.05, 3.63) is 70.5 Å². The van der Waals surface area contributed by atoms with Crippen LogP contribution in [0.25, 0.3) is 0 Å². The van der Waals surface area contributed by atoms with Crippen LogP contribution in [0.4, 0.5) is 32.2 Å². The van der Waals surface area contributed by atoms with Crippen LogP contribution in [-0.2, 0) is 23.6 Å². The number of hydrogen-bond acceptors (Lipinski definition) is 3. The summed E-state index contributed by atoms with van der Waals surface area (Å²) in [6, 6.07) is 4.74. The van der Waals surface area contributed by atoms with Gasteiger partial charge in [-0.3, -0.25) is 4.79 Å². The van der Waals surface area contributed by atoms with Crippen LogP contribution < -0.4 is 10.2 Å². The fraction of sp³-hybridized carbons (Fsp3) is 0.300. The van der Waals surface area contributed by atoms with Gasteiger partial charge in [-0.15, -0.1) is 0 Å². The zero-order chi connectivity index (χ0) is 22.8. The minimum Gasteiger partial charge on any atom is -0.354 e. The first-order chi connectivity index (χ1) is 14.5. The molecule has 166 valence electrons. The molecule has 4 nitrogen and oxygen atoms in total. The van der Waals surface area contributed by atoms with Gasteiger partial charge in [0.1, 0.15) is 6.04 Å². The monoisotopic (exact) mass is 463 g/mol. The number of amides is 1. The molecule has 1 amide bonds. The Bertz CT molecular complexity index is 990. The average molecular weight is 464 g/mol. The SMILES string of the molecule is O=C(NCCc1cccc(C(F)(F)F)c1)C1CC=CN1c1ncc(C(F)(F)F)cc1Cl. The van der Waals surface area contributed by atoms with Gasteiger partial charge < -0.3 is 10.2 Å². The Balaban J connectivity index is 1.64. The molecule has 1 atom stereocenters. The molecule has 3 rings (SSSR count).